The van der Waals surface area contributed by atoms with Crippen LogP contribution < -0.4 is 5.32 Å². The molecular formula is C17H20N4OS2. The van der Waals surface area contributed by atoms with Crippen LogP contribution in [-0.4, -0.2) is 20.7 Å². The molecule has 0 saturated heterocycles. The van der Waals surface area contributed by atoms with E-state index in [4.69, 9.17) is 0 Å². The summed E-state index contributed by atoms with van der Waals surface area (Å²) < 4.78 is 1.80. The van der Waals surface area contributed by atoms with Crippen molar-refractivity contribution in [2.24, 2.45) is 0 Å². The molecule has 7 heteroatoms. The van der Waals surface area contributed by atoms with Crippen molar-refractivity contribution < 1.29 is 4.79 Å². The summed E-state index contributed by atoms with van der Waals surface area (Å²) >= 11 is 3.27. The van der Waals surface area contributed by atoms with E-state index in [1.165, 1.54) is 5.56 Å². The molecule has 0 fully saturated rings. The van der Waals surface area contributed by atoms with Gasteiger partial charge < -0.3 is 5.32 Å². The first-order valence-electron chi connectivity index (χ1n) is 7.82. The minimum absolute atomic E-state index is 0.0243. The SMILES string of the molecule is Cc1csc(C(Cc2ccsc2)NC(=O)CCn2ccc(C)n2)n1. The van der Waals surface area contributed by atoms with Crippen LogP contribution in [0.4, 0.5) is 0 Å². The third-order valence-corrected chi connectivity index (χ3v) is 5.44. The van der Waals surface area contributed by atoms with Gasteiger partial charge in [0, 0.05) is 36.7 Å². The lowest BCUT2D eigenvalue weighted by Gasteiger charge is -2.16. The van der Waals surface area contributed by atoms with Gasteiger partial charge in [0.15, 0.2) is 0 Å². The van der Waals surface area contributed by atoms with E-state index in [0.29, 0.717) is 13.0 Å². The van der Waals surface area contributed by atoms with Gasteiger partial charge in [-0.05, 0) is 42.3 Å². The van der Waals surface area contributed by atoms with E-state index >= 15 is 0 Å². The first kappa shape index (κ1) is 16.9. The van der Waals surface area contributed by atoms with Crippen molar-refractivity contribution in [1.29, 1.82) is 0 Å². The molecular weight excluding hydrogens is 340 g/mol. The van der Waals surface area contributed by atoms with Gasteiger partial charge in [0.05, 0.1) is 11.7 Å². The van der Waals surface area contributed by atoms with Crippen LogP contribution in [0.2, 0.25) is 0 Å². The molecule has 24 heavy (non-hydrogen) atoms. The van der Waals surface area contributed by atoms with Crippen LogP contribution in [0.25, 0.3) is 0 Å². The number of aromatic nitrogens is 3. The maximum Gasteiger partial charge on any atom is 0.222 e. The van der Waals surface area contributed by atoms with Gasteiger partial charge in [0.25, 0.3) is 0 Å². The molecule has 5 nitrogen and oxygen atoms in total. The quantitative estimate of drug-likeness (QED) is 0.701. The van der Waals surface area contributed by atoms with Crippen molar-refractivity contribution >= 4 is 28.6 Å². The van der Waals surface area contributed by atoms with E-state index in [1.807, 2.05) is 31.5 Å². The fourth-order valence-electron chi connectivity index (χ4n) is 2.45. The summed E-state index contributed by atoms with van der Waals surface area (Å²) in [5.41, 5.74) is 3.18. The first-order chi connectivity index (χ1) is 11.6. The third kappa shape index (κ3) is 4.52. The molecule has 0 aromatic carbocycles. The summed E-state index contributed by atoms with van der Waals surface area (Å²) in [5.74, 6) is 0.0243. The summed E-state index contributed by atoms with van der Waals surface area (Å²) in [4.78, 5) is 16.9. The number of nitrogens with zero attached hydrogens (tertiary/aromatic N) is 3. The summed E-state index contributed by atoms with van der Waals surface area (Å²) in [6.07, 6.45) is 3.07. The van der Waals surface area contributed by atoms with Gasteiger partial charge in [-0.25, -0.2) is 4.98 Å². The van der Waals surface area contributed by atoms with Crippen molar-refractivity contribution in [1.82, 2.24) is 20.1 Å². The fourth-order valence-corrected chi connectivity index (χ4v) is 3.98. The Labute approximate surface area is 149 Å². The Kier molecular flexibility index (Phi) is 5.42. The average Bonchev–Trinajstić information content (AvgIpc) is 3.27. The molecule has 0 aliphatic heterocycles. The Balaban J connectivity index is 1.63. The highest BCUT2D eigenvalue weighted by Crippen LogP contribution is 2.23. The summed E-state index contributed by atoms with van der Waals surface area (Å²) in [6, 6.07) is 3.96. The molecule has 0 saturated carbocycles. The molecule has 126 valence electrons. The molecule has 3 heterocycles. The maximum atomic E-state index is 12.4. The standard InChI is InChI=1S/C17H20N4OS2/c1-12-3-6-21(20-12)7-4-16(22)19-15(9-14-5-8-23-11-14)17-18-13(2)10-24-17/h3,5-6,8,10-11,15H,4,7,9H2,1-2H3,(H,19,22). The summed E-state index contributed by atoms with van der Waals surface area (Å²) in [7, 11) is 0. The second-order valence-corrected chi connectivity index (χ2v) is 7.42. The van der Waals surface area contributed by atoms with Crippen molar-refractivity contribution in [2.45, 2.75) is 39.3 Å². The lowest BCUT2D eigenvalue weighted by molar-refractivity contribution is -0.122. The predicted octanol–water partition coefficient (Wildman–Crippen LogP) is 3.51. The Hall–Kier alpha value is -1.99. The van der Waals surface area contributed by atoms with Gasteiger partial charge in [0.1, 0.15) is 5.01 Å². The summed E-state index contributed by atoms with van der Waals surface area (Å²) in [5, 5.41) is 14.6. The number of rotatable bonds is 7. The number of carbonyl (C=O) groups is 1. The van der Waals surface area contributed by atoms with Crippen LogP contribution in [0.15, 0.2) is 34.5 Å². The van der Waals surface area contributed by atoms with Crippen LogP contribution in [0.1, 0.15) is 34.4 Å². The van der Waals surface area contributed by atoms with Gasteiger partial charge in [-0.3, -0.25) is 9.48 Å². The van der Waals surface area contributed by atoms with E-state index in [0.717, 1.165) is 22.8 Å². The van der Waals surface area contributed by atoms with Crippen LogP contribution in [-0.2, 0) is 17.8 Å². The summed E-state index contributed by atoms with van der Waals surface area (Å²) in [6.45, 7) is 4.50. The Morgan fingerprint density at radius 2 is 2.17 bits per heavy atom. The van der Waals surface area contributed by atoms with Crippen LogP contribution in [0, 0.1) is 13.8 Å². The van der Waals surface area contributed by atoms with Crippen LogP contribution >= 0.6 is 22.7 Å². The van der Waals surface area contributed by atoms with Gasteiger partial charge in [-0.1, -0.05) is 0 Å². The van der Waals surface area contributed by atoms with Crippen molar-refractivity contribution in [3.63, 3.8) is 0 Å². The minimum atomic E-state index is -0.0786. The Morgan fingerprint density at radius 1 is 1.29 bits per heavy atom. The van der Waals surface area contributed by atoms with Gasteiger partial charge in [0.2, 0.25) is 5.91 Å². The molecule has 1 atom stereocenters. The number of carbonyl (C=O) groups excluding carboxylic acids is 1. The molecule has 0 aliphatic rings. The van der Waals surface area contributed by atoms with Gasteiger partial charge >= 0.3 is 0 Å². The number of hydrogen-bond donors (Lipinski definition) is 1. The minimum Gasteiger partial charge on any atom is -0.346 e. The molecule has 0 radical (unpaired) electrons. The zero-order valence-corrected chi connectivity index (χ0v) is 15.4. The Morgan fingerprint density at radius 3 is 2.79 bits per heavy atom. The lowest BCUT2D eigenvalue weighted by Crippen LogP contribution is -2.30. The molecule has 0 bridgehead atoms. The number of nitrogens with one attached hydrogen (secondary N) is 1. The molecule has 3 aromatic heterocycles. The second kappa shape index (κ2) is 7.72. The Bertz CT molecular complexity index is 791. The molecule has 3 aromatic rings. The number of amides is 1. The second-order valence-electron chi connectivity index (χ2n) is 5.75. The average molecular weight is 361 g/mol. The largest absolute Gasteiger partial charge is 0.346 e. The first-order valence-corrected chi connectivity index (χ1v) is 9.65. The topological polar surface area (TPSA) is 59.8 Å². The highest BCUT2D eigenvalue weighted by molar-refractivity contribution is 7.09. The molecule has 0 spiro atoms. The monoisotopic (exact) mass is 360 g/mol. The van der Waals surface area contributed by atoms with Crippen molar-refractivity contribution in [3.05, 3.63) is 56.4 Å². The molecule has 1 unspecified atom stereocenters. The van der Waals surface area contributed by atoms with E-state index < -0.39 is 0 Å². The molecule has 3 rings (SSSR count). The number of hydrogen-bond acceptors (Lipinski definition) is 5. The lowest BCUT2D eigenvalue weighted by atomic mass is 10.1. The fraction of sp³-hybridized carbons (Fsp3) is 0.353. The van der Waals surface area contributed by atoms with Crippen molar-refractivity contribution in [2.75, 3.05) is 0 Å². The van der Waals surface area contributed by atoms with E-state index in [1.54, 1.807) is 27.4 Å². The third-order valence-electron chi connectivity index (χ3n) is 3.63. The number of aryl methyl sites for hydroxylation is 3. The molecule has 1 amide bonds. The van der Waals surface area contributed by atoms with E-state index in [9.17, 15) is 4.79 Å². The predicted molar refractivity (Wildman–Crippen MR) is 97.3 cm³/mol. The van der Waals surface area contributed by atoms with Crippen LogP contribution in [0.3, 0.4) is 0 Å². The zero-order valence-electron chi connectivity index (χ0n) is 13.7. The van der Waals surface area contributed by atoms with Gasteiger partial charge in [-0.15, -0.1) is 11.3 Å². The van der Waals surface area contributed by atoms with E-state index in [-0.39, 0.29) is 11.9 Å². The highest BCUT2D eigenvalue weighted by Gasteiger charge is 2.18. The van der Waals surface area contributed by atoms with Crippen LogP contribution in [0.5, 0.6) is 0 Å². The van der Waals surface area contributed by atoms with Gasteiger partial charge in [-0.2, -0.15) is 16.4 Å². The molecule has 0 aliphatic carbocycles. The smallest absolute Gasteiger partial charge is 0.222 e. The van der Waals surface area contributed by atoms with E-state index in [2.05, 4.69) is 32.2 Å². The number of thiophene rings is 1. The van der Waals surface area contributed by atoms with Crippen molar-refractivity contribution in [3.8, 4) is 0 Å². The normalized spacial score (nSPS) is 12.2. The zero-order chi connectivity index (χ0) is 16.9. The highest BCUT2D eigenvalue weighted by atomic mass is 32.1. The number of thiazole rings is 1. The molecule has 1 N–H and O–H groups in total. The maximum absolute atomic E-state index is 12.4.